The van der Waals surface area contributed by atoms with Gasteiger partial charge in [-0.05, 0) is 32.6 Å². The molecule has 0 unspecified atom stereocenters. The molecule has 0 bridgehead atoms. The van der Waals surface area contributed by atoms with E-state index in [0.717, 1.165) is 38.5 Å². The summed E-state index contributed by atoms with van der Waals surface area (Å²) in [4.78, 5) is 39.2. The number of carbonyl (C=O) groups is 3. The first-order chi connectivity index (χ1) is 11.6. The molecular weight excluding hydrogens is 308 g/mol. The van der Waals surface area contributed by atoms with Gasteiger partial charge in [0.15, 0.2) is 0 Å². The van der Waals surface area contributed by atoms with Crippen molar-refractivity contribution in [3.8, 4) is 0 Å². The number of amides is 2. The van der Waals surface area contributed by atoms with E-state index in [0.29, 0.717) is 32.0 Å². The molecule has 3 rings (SSSR count). The maximum Gasteiger partial charge on any atom is 0.331 e. The summed E-state index contributed by atoms with van der Waals surface area (Å²) in [6, 6.07) is 0.306. The Morgan fingerprint density at radius 3 is 2.50 bits per heavy atom. The van der Waals surface area contributed by atoms with Crippen LogP contribution in [-0.4, -0.2) is 47.4 Å². The molecule has 1 saturated heterocycles. The first-order valence-electron chi connectivity index (χ1n) is 9.34. The molecule has 3 fully saturated rings. The number of ether oxygens (including phenoxy) is 1. The van der Waals surface area contributed by atoms with Crippen LogP contribution in [0, 0.1) is 5.92 Å². The Morgan fingerprint density at radius 1 is 1.21 bits per heavy atom. The monoisotopic (exact) mass is 336 g/mol. The van der Waals surface area contributed by atoms with Crippen molar-refractivity contribution in [2.24, 2.45) is 5.92 Å². The molecule has 6 heteroatoms. The van der Waals surface area contributed by atoms with E-state index >= 15 is 0 Å². The van der Waals surface area contributed by atoms with E-state index in [1.54, 1.807) is 6.92 Å². The third-order valence-corrected chi connectivity index (χ3v) is 5.78. The van der Waals surface area contributed by atoms with Crippen LogP contribution in [0.2, 0.25) is 0 Å². The van der Waals surface area contributed by atoms with Crippen molar-refractivity contribution in [3.63, 3.8) is 0 Å². The number of rotatable bonds is 5. The molecule has 0 spiro atoms. The largest absolute Gasteiger partial charge is 0.464 e. The molecule has 134 valence electrons. The number of carbonyl (C=O) groups excluding carboxylic acids is 3. The highest BCUT2D eigenvalue weighted by atomic mass is 16.5. The number of esters is 1. The predicted molar refractivity (Wildman–Crippen MR) is 88.1 cm³/mol. The summed E-state index contributed by atoms with van der Waals surface area (Å²) in [5.41, 5.74) is -0.878. The van der Waals surface area contributed by atoms with Crippen molar-refractivity contribution in [1.29, 1.82) is 0 Å². The van der Waals surface area contributed by atoms with Gasteiger partial charge in [-0.25, -0.2) is 4.79 Å². The number of hydrogen-bond acceptors (Lipinski definition) is 4. The first-order valence-corrected chi connectivity index (χ1v) is 9.34. The van der Waals surface area contributed by atoms with Crippen LogP contribution in [-0.2, 0) is 19.1 Å². The Bertz CT molecular complexity index is 507. The summed E-state index contributed by atoms with van der Waals surface area (Å²) in [5.74, 6) is -0.754. The summed E-state index contributed by atoms with van der Waals surface area (Å²) in [6.45, 7) is 2.58. The van der Waals surface area contributed by atoms with Crippen LogP contribution in [0.5, 0.6) is 0 Å². The Kier molecular flexibility index (Phi) is 5.11. The van der Waals surface area contributed by atoms with Crippen LogP contribution in [0.15, 0.2) is 0 Å². The summed E-state index contributed by atoms with van der Waals surface area (Å²) in [7, 11) is 0. The van der Waals surface area contributed by atoms with E-state index in [4.69, 9.17) is 4.74 Å². The Labute approximate surface area is 143 Å². The van der Waals surface area contributed by atoms with Gasteiger partial charge in [-0.15, -0.1) is 0 Å². The van der Waals surface area contributed by atoms with E-state index in [1.807, 2.05) is 4.90 Å². The lowest BCUT2D eigenvalue weighted by Crippen LogP contribution is -2.55. The number of likely N-dealkylation sites (tertiary alicyclic amines) is 1. The van der Waals surface area contributed by atoms with Gasteiger partial charge in [0.05, 0.1) is 12.5 Å². The standard InChI is InChI=1S/C18H28N2O4/c1-2-24-17(23)18(9-5-6-10-18)19-16(22)13-11-15(21)20(12-13)14-7-3-4-8-14/h13-14H,2-12H2,1H3,(H,19,22)/t13-/m1/s1. The number of nitrogens with zero attached hydrogens (tertiary/aromatic N) is 1. The van der Waals surface area contributed by atoms with Crippen molar-refractivity contribution in [2.45, 2.75) is 76.3 Å². The zero-order valence-electron chi connectivity index (χ0n) is 14.5. The zero-order valence-corrected chi connectivity index (χ0v) is 14.5. The summed E-state index contributed by atoms with van der Waals surface area (Å²) >= 11 is 0. The van der Waals surface area contributed by atoms with Gasteiger partial charge in [-0.1, -0.05) is 25.7 Å². The molecule has 1 aliphatic heterocycles. The van der Waals surface area contributed by atoms with Gasteiger partial charge < -0.3 is 15.0 Å². The van der Waals surface area contributed by atoms with E-state index in [9.17, 15) is 14.4 Å². The topological polar surface area (TPSA) is 75.7 Å². The Morgan fingerprint density at radius 2 is 1.88 bits per heavy atom. The predicted octanol–water partition coefficient (Wildman–Crippen LogP) is 1.77. The molecule has 0 aromatic carbocycles. The molecule has 6 nitrogen and oxygen atoms in total. The molecule has 0 aromatic heterocycles. The number of hydrogen-bond donors (Lipinski definition) is 1. The summed E-state index contributed by atoms with van der Waals surface area (Å²) < 4.78 is 5.19. The van der Waals surface area contributed by atoms with Crippen LogP contribution in [0.25, 0.3) is 0 Å². The highest BCUT2D eigenvalue weighted by molar-refractivity contribution is 5.93. The highest BCUT2D eigenvalue weighted by Crippen LogP contribution is 2.33. The van der Waals surface area contributed by atoms with Gasteiger partial charge in [0.2, 0.25) is 11.8 Å². The van der Waals surface area contributed by atoms with E-state index < -0.39 is 5.54 Å². The van der Waals surface area contributed by atoms with E-state index in [2.05, 4.69) is 5.32 Å². The third-order valence-electron chi connectivity index (χ3n) is 5.78. The van der Waals surface area contributed by atoms with Crippen LogP contribution >= 0.6 is 0 Å². The van der Waals surface area contributed by atoms with Crippen LogP contribution in [0.1, 0.15) is 64.7 Å². The van der Waals surface area contributed by atoms with E-state index in [-0.39, 0.29) is 30.1 Å². The average Bonchev–Trinajstić information content (AvgIpc) is 3.27. The molecule has 0 aromatic rings. The fourth-order valence-corrected chi connectivity index (χ4v) is 4.44. The second-order valence-electron chi connectivity index (χ2n) is 7.38. The van der Waals surface area contributed by atoms with Gasteiger partial charge in [-0.2, -0.15) is 0 Å². The van der Waals surface area contributed by atoms with Crippen molar-refractivity contribution in [2.75, 3.05) is 13.2 Å². The maximum absolute atomic E-state index is 12.7. The molecule has 24 heavy (non-hydrogen) atoms. The Balaban J connectivity index is 1.63. The van der Waals surface area contributed by atoms with Gasteiger partial charge in [0, 0.05) is 19.0 Å². The molecular formula is C18H28N2O4. The van der Waals surface area contributed by atoms with Crippen molar-refractivity contribution >= 4 is 17.8 Å². The normalized spacial score (nSPS) is 26.8. The van der Waals surface area contributed by atoms with Crippen molar-refractivity contribution in [1.82, 2.24) is 10.2 Å². The second-order valence-corrected chi connectivity index (χ2v) is 7.38. The molecule has 1 heterocycles. The second kappa shape index (κ2) is 7.11. The van der Waals surface area contributed by atoms with Gasteiger partial charge >= 0.3 is 5.97 Å². The summed E-state index contributed by atoms with van der Waals surface area (Å²) in [5, 5.41) is 2.96. The molecule has 2 aliphatic carbocycles. The van der Waals surface area contributed by atoms with Crippen molar-refractivity contribution < 1.29 is 19.1 Å². The Hall–Kier alpha value is -1.59. The van der Waals surface area contributed by atoms with Crippen LogP contribution in [0.4, 0.5) is 0 Å². The number of nitrogens with one attached hydrogen (secondary N) is 1. The fraction of sp³-hybridized carbons (Fsp3) is 0.833. The van der Waals surface area contributed by atoms with Crippen molar-refractivity contribution in [3.05, 3.63) is 0 Å². The summed E-state index contributed by atoms with van der Waals surface area (Å²) in [6.07, 6.45) is 7.78. The minimum absolute atomic E-state index is 0.0821. The quantitative estimate of drug-likeness (QED) is 0.776. The highest BCUT2D eigenvalue weighted by Gasteiger charge is 2.46. The van der Waals surface area contributed by atoms with E-state index in [1.165, 1.54) is 0 Å². The lowest BCUT2D eigenvalue weighted by atomic mass is 9.95. The molecule has 3 aliphatic rings. The smallest absolute Gasteiger partial charge is 0.331 e. The molecule has 1 atom stereocenters. The van der Waals surface area contributed by atoms with Gasteiger partial charge in [-0.3, -0.25) is 9.59 Å². The fourth-order valence-electron chi connectivity index (χ4n) is 4.44. The lowest BCUT2D eigenvalue weighted by Gasteiger charge is -2.29. The SMILES string of the molecule is CCOC(=O)C1(NC(=O)[C@@H]2CC(=O)N(C3CCCC3)C2)CCCC1. The lowest BCUT2D eigenvalue weighted by molar-refractivity contribution is -0.153. The molecule has 2 amide bonds. The zero-order chi connectivity index (χ0) is 17.2. The maximum atomic E-state index is 12.7. The van der Waals surface area contributed by atoms with Crippen LogP contribution in [0.3, 0.4) is 0 Å². The molecule has 1 N–H and O–H groups in total. The van der Waals surface area contributed by atoms with Gasteiger partial charge in [0.25, 0.3) is 0 Å². The average molecular weight is 336 g/mol. The first kappa shape index (κ1) is 17.2. The van der Waals surface area contributed by atoms with Crippen LogP contribution < -0.4 is 5.32 Å². The minimum atomic E-state index is -0.878. The van der Waals surface area contributed by atoms with Gasteiger partial charge in [0.1, 0.15) is 5.54 Å². The third kappa shape index (κ3) is 3.28. The molecule has 2 saturated carbocycles. The molecule has 0 radical (unpaired) electrons. The minimum Gasteiger partial charge on any atom is -0.464 e.